The number of hydrogen-bond acceptors (Lipinski definition) is 3. The predicted molar refractivity (Wildman–Crippen MR) is 76.5 cm³/mol. The Morgan fingerprint density at radius 3 is 2.38 bits per heavy atom. The highest BCUT2D eigenvalue weighted by molar-refractivity contribution is 5.94. The van der Waals surface area contributed by atoms with Gasteiger partial charge in [0.15, 0.2) is 0 Å². The van der Waals surface area contributed by atoms with E-state index in [1.54, 1.807) is 24.3 Å². The van der Waals surface area contributed by atoms with E-state index < -0.39 is 6.09 Å². The van der Waals surface area contributed by atoms with E-state index in [2.05, 4.69) is 5.32 Å². The second kappa shape index (κ2) is 6.88. The fourth-order valence-corrected chi connectivity index (χ4v) is 2.38. The molecule has 2 amide bonds. The standard InChI is InChI=1S/C15H18N2O4/c18-10-12-1-3-13(4-2-12)14(19)16-9-11-5-7-17(8-6-11)15(20)21/h1-4,10-11H,5-9H2,(H,16,19)(H,20,21). The first-order chi connectivity index (χ1) is 10.1. The highest BCUT2D eigenvalue weighted by atomic mass is 16.4. The fraction of sp³-hybridized carbons (Fsp3) is 0.400. The number of hydrogen-bond donors (Lipinski definition) is 2. The SMILES string of the molecule is O=Cc1ccc(C(=O)NCC2CCN(C(=O)O)CC2)cc1. The quantitative estimate of drug-likeness (QED) is 0.825. The van der Waals surface area contributed by atoms with E-state index in [1.807, 2.05) is 0 Å². The van der Waals surface area contributed by atoms with Crippen molar-refractivity contribution >= 4 is 18.3 Å². The maximum atomic E-state index is 12.0. The van der Waals surface area contributed by atoms with E-state index >= 15 is 0 Å². The summed E-state index contributed by atoms with van der Waals surface area (Å²) in [7, 11) is 0. The maximum absolute atomic E-state index is 12.0. The van der Waals surface area contributed by atoms with Gasteiger partial charge in [-0.25, -0.2) is 4.79 Å². The van der Waals surface area contributed by atoms with E-state index in [-0.39, 0.29) is 5.91 Å². The third-order valence-electron chi connectivity index (χ3n) is 3.75. The second-order valence-corrected chi connectivity index (χ2v) is 5.16. The molecule has 2 rings (SSSR count). The minimum atomic E-state index is -0.882. The molecule has 1 aliphatic heterocycles. The number of aldehydes is 1. The fourth-order valence-electron chi connectivity index (χ4n) is 2.38. The van der Waals surface area contributed by atoms with E-state index in [0.717, 1.165) is 19.1 Å². The van der Waals surface area contributed by atoms with Crippen LogP contribution in [0.25, 0.3) is 0 Å². The van der Waals surface area contributed by atoms with Crippen LogP contribution >= 0.6 is 0 Å². The third-order valence-corrected chi connectivity index (χ3v) is 3.75. The lowest BCUT2D eigenvalue weighted by Gasteiger charge is -2.29. The molecule has 1 aliphatic rings. The van der Waals surface area contributed by atoms with Crippen molar-refractivity contribution in [1.29, 1.82) is 0 Å². The van der Waals surface area contributed by atoms with Gasteiger partial charge in [0.05, 0.1) is 0 Å². The summed E-state index contributed by atoms with van der Waals surface area (Å²) in [6.45, 7) is 1.58. The van der Waals surface area contributed by atoms with E-state index in [4.69, 9.17) is 5.11 Å². The Labute approximate surface area is 122 Å². The molecule has 6 nitrogen and oxygen atoms in total. The summed E-state index contributed by atoms with van der Waals surface area (Å²) in [4.78, 5) is 34.7. The average Bonchev–Trinajstić information content (AvgIpc) is 2.53. The van der Waals surface area contributed by atoms with Crippen LogP contribution in [0.4, 0.5) is 4.79 Å². The van der Waals surface area contributed by atoms with Crippen LogP contribution in [0.5, 0.6) is 0 Å². The van der Waals surface area contributed by atoms with Gasteiger partial charge in [-0.2, -0.15) is 0 Å². The van der Waals surface area contributed by atoms with Gasteiger partial charge in [-0.1, -0.05) is 12.1 Å². The van der Waals surface area contributed by atoms with Crippen LogP contribution in [0.1, 0.15) is 33.6 Å². The van der Waals surface area contributed by atoms with Crippen molar-refractivity contribution in [3.8, 4) is 0 Å². The zero-order valence-corrected chi connectivity index (χ0v) is 11.6. The Hall–Kier alpha value is -2.37. The van der Waals surface area contributed by atoms with Crippen molar-refractivity contribution in [3.63, 3.8) is 0 Å². The van der Waals surface area contributed by atoms with Gasteiger partial charge in [-0.05, 0) is 30.9 Å². The number of rotatable bonds is 4. The van der Waals surface area contributed by atoms with Crippen LogP contribution in [-0.2, 0) is 0 Å². The Kier molecular flexibility index (Phi) is 4.92. The lowest BCUT2D eigenvalue weighted by Crippen LogP contribution is -2.40. The summed E-state index contributed by atoms with van der Waals surface area (Å²) in [5.74, 6) is 0.131. The molecule has 21 heavy (non-hydrogen) atoms. The molecule has 1 heterocycles. The summed E-state index contributed by atoms with van der Waals surface area (Å²) >= 11 is 0. The van der Waals surface area contributed by atoms with Gasteiger partial charge in [-0.15, -0.1) is 0 Å². The normalized spacial score (nSPS) is 15.5. The topological polar surface area (TPSA) is 86.7 Å². The first-order valence-corrected chi connectivity index (χ1v) is 6.91. The number of carboxylic acid groups (broad SMARTS) is 1. The largest absolute Gasteiger partial charge is 0.465 e. The van der Waals surface area contributed by atoms with Crippen molar-refractivity contribution in [2.45, 2.75) is 12.8 Å². The molecule has 0 aliphatic carbocycles. The van der Waals surface area contributed by atoms with Gasteiger partial charge >= 0.3 is 6.09 Å². The molecular weight excluding hydrogens is 272 g/mol. The molecule has 6 heteroatoms. The zero-order valence-electron chi connectivity index (χ0n) is 11.6. The summed E-state index contributed by atoms with van der Waals surface area (Å²) in [5, 5.41) is 11.7. The molecule has 0 unspecified atom stereocenters. The van der Waals surface area contributed by atoms with Crippen molar-refractivity contribution in [3.05, 3.63) is 35.4 Å². The number of likely N-dealkylation sites (tertiary alicyclic amines) is 1. The van der Waals surface area contributed by atoms with Gasteiger partial charge in [0.25, 0.3) is 5.91 Å². The monoisotopic (exact) mass is 290 g/mol. The van der Waals surface area contributed by atoms with Crippen molar-refractivity contribution in [1.82, 2.24) is 10.2 Å². The van der Waals surface area contributed by atoms with E-state index in [9.17, 15) is 14.4 Å². The minimum Gasteiger partial charge on any atom is -0.465 e. The van der Waals surface area contributed by atoms with Crippen LogP contribution in [0.2, 0.25) is 0 Å². The molecule has 0 spiro atoms. The highest BCUT2D eigenvalue weighted by Crippen LogP contribution is 2.16. The number of amides is 2. The highest BCUT2D eigenvalue weighted by Gasteiger charge is 2.22. The Morgan fingerprint density at radius 2 is 1.86 bits per heavy atom. The molecule has 0 bridgehead atoms. The Bertz CT molecular complexity index is 519. The maximum Gasteiger partial charge on any atom is 0.407 e. The number of carbonyl (C=O) groups excluding carboxylic acids is 2. The summed E-state index contributed by atoms with van der Waals surface area (Å²) < 4.78 is 0. The van der Waals surface area contributed by atoms with Gasteiger partial charge < -0.3 is 15.3 Å². The number of nitrogens with one attached hydrogen (secondary N) is 1. The Morgan fingerprint density at radius 1 is 1.24 bits per heavy atom. The van der Waals surface area contributed by atoms with E-state index in [0.29, 0.717) is 36.7 Å². The second-order valence-electron chi connectivity index (χ2n) is 5.16. The third kappa shape index (κ3) is 4.05. The van der Waals surface area contributed by atoms with Crippen molar-refractivity contribution in [2.24, 2.45) is 5.92 Å². The molecule has 0 radical (unpaired) electrons. The van der Waals surface area contributed by atoms with Crippen LogP contribution in [0.3, 0.4) is 0 Å². The minimum absolute atomic E-state index is 0.173. The smallest absolute Gasteiger partial charge is 0.407 e. The Balaban J connectivity index is 1.79. The number of nitrogens with zero attached hydrogens (tertiary/aromatic N) is 1. The number of benzene rings is 1. The molecule has 1 saturated heterocycles. The molecule has 0 atom stereocenters. The molecule has 0 aromatic heterocycles. The number of carbonyl (C=O) groups is 3. The molecule has 112 valence electrons. The van der Waals surface area contributed by atoms with Crippen molar-refractivity contribution in [2.75, 3.05) is 19.6 Å². The first-order valence-electron chi connectivity index (χ1n) is 6.91. The van der Waals surface area contributed by atoms with Gasteiger partial charge in [-0.3, -0.25) is 9.59 Å². The molecule has 1 fully saturated rings. The van der Waals surface area contributed by atoms with Gasteiger partial charge in [0, 0.05) is 30.8 Å². The summed E-state index contributed by atoms with van der Waals surface area (Å²) in [5.41, 5.74) is 1.05. The zero-order chi connectivity index (χ0) is 15.2. The molecule has 1 aromatic rings. The van der Waals surface area contributed by atoms with Crippen LogP contribution in [0.15, 0.2) is 24.3 Å². The van der Waals surface area contributed by atoms with E-state index in [1.165, 1.54) is 4.90 Å². The predicted octanol–water partition coefficient (Wildman–Crippen LogP) is 1.62. The van der Waals surface area contributed by atoms with Crippen LogP contribution < -0.4 is 5.32 Å². The summed E-state index contributed by atoms with van der Waals surface area (Å²) in [6, 6.07) is 6.44. The molecule has 1 aromatic carbocycles. The van der Waals surface area contributed by atoms with Gasteiger partial charge in [0.2, 0.25) is 0 Å². The van der Waals surface area contributed by atoms with Gasteiger partial charge in [0.1, 0.15) is 6.29 Å². The lowest BCUT2D eigenvalue weighted by atomic mass is 9.97. The number of piperidine rings is 1. The first kappa shape index (κ1) is 15.0. The summed E-state index contributed by atoms with van der Waals surface area (Å²) in [6.07, 6.45) is 1.37. The van der Waals surface area contributed by atoms with Crippen LogP contribution in [0, 0.1) is 5.92 Å². The lowest BCUT2D eigenvalue weighted by molar-refractivity contribution is 0.0928. The molecular formula is C15H18N2O4. The average molecular weight is 290 g/mol. The molecule has 2 N–H and O–H groups in total. The van der Waals surface area contributed by atoms with Crippen molar-refractivity contribution < 1.29 is 19.5 Å². The van der Waals surface area contributed by atoms with Crippen LogP contribution in [-0.4, -0.2) is 47.9 Å². The molecule has 0 saturated carbocycles.